The van der Waals surface area contributed by atoms with Crippen molar-refractivity contribution in [1.29, 1.82) is 0 Å². The summed E-state index contributed by atoms with van der Waals surface area (Å²) in [6.45, 7) is 2.41. The molecule has 44 heavy (non-hydrogen) atoms. The fourth-order valence-electron chi connectivity index (χ4n) is 7.33. The highest BCUT2D eigenvalue weighted by atomic mass is 32.2. The molecule has 1 aliphatic heterocycles. The van der Waals surface area contributed by atoms with Crippen LogP contribution in [0.1, 0.15) is 5.56 Å². The molecule has 0 fully saturated rings. The number of aromatic nitrogens is 1. The van der Waals surface area contributed by atoms with Crippen molar-refractivity contribution in [3.8, 4) is 16.8 Å². The largest absolute Gasteiger partial charge is 0.309 e. The molecule has 0 unspecified atom stereocenters. The molecule has 206 valence electrons. The molecule has 1 aliphatic rings. The number of fused-ring (bicyclic) bond motifs is 7. The number of nitrogens with zero attached hydrogens (tertiary/aromatic N) is 1. The van der Waals surface area contributed by atoms with Crippen molar-refractivity contribution in [3.05, 3.63) is 157 Å². The van der Waals surface area contributed by atoms with E-state index in [1.165, 1.54) is 81.1 Å². The van der Waals surface area contributed by atoms with Crippen LogP contribution in [-0.4, -0.2) is 11.3 Å². The number of aryl methyl sites for hydroxylation is 1. The van der Waals surface area contributed by atoms with Gasteiger partial charge >= 0.3 is 0 Å². The van der Waals surface area contributed by atoms with Crippen LogP contribution in [-0.2, 0) is 0 Å². The van der Waals surface area contributed by atoms with Crippen molar-refractivity contribution in [3.63, 3.8) is 0 Å². The summed E-state index contributed by atoms with van der Waals surface area (Å²) >= 11 is 1.90. The lowest BCUT2D eigenvalue weighted by Crippen LogP contribution is -2.56. The minimum atomic E-state index is 0.145. The van der Waals surface area contributed by atoms with Crippen LogP contribution in [0.2, 0.25) is 0 Å². The van der Waals surface area contributed by atoms with E-state index in [4.69, 9.17) is 0 Å². The highest BCUT2D eigenvalue weighted by molar-refractivity contribution is 8.00. The minimum absolute atomic E-state index is 0.145. The molecule has 8 aromatic rings. The zero-order chi connectivity index (χ0) is 29.2. The smallest absolute Gasteiger partial charge is 0.245 e. The lowest BCUT2D eigenvalue weighted by molar-refractivity contribution is 1.17. The molecule has 0 spiro atoms. The number of para-hydroxylation sites is 1. The first kappa shape index (κ1) is 25.5. The number of hydrogen-bond acceptors (Lipinski definition) is 1. The van der Waals surface area contributed by atoms with E-state index in [1.807, 2.05) is 11.8 Å². The van der Waals surface area contributed by atoms with Gasteiger partial charge < -0.3 is 4.57 Å². The van der Waals surface area contributed by atoms with E-state index in [2.05, 4.69) is 163 Å². The van der Waals surface area contributed by atoms with Gasteiger partial charge in [0.1, 0.15) is 0 Å². The first-order chi connectivity index (χ1) is 21.8. The predicted molar refractivity (Wildman–Crippen MR) is 190 cm³/mol. The van der Waals surface area contributed by atoms with E-state index in [0.717, 1.165) is 0 Å². The average Bonchev–Trinajstić information content (AvgIpc) is 3.42. The van der Waals surface area contributed by atoms with Crippen molar-refractivity contribution in [2.75, 3.05) is 0 Å². The van der Waals surface area contributed by atoms with Crippen molar-refractivity contribution in [1.82, 2.24) is 4.57 Å². The Morgan fingerprint density at radius 2 is 1.30 bits per heavy atom. The summed E-state index contributed by atoms with van der Waals surface area (Å²) in [6.07, 6.45) is 0. The summed E-state index contributed by atoms with van der Waals surface area (Å²) in [5, 5.41) is 5.12. The molecule has 0 amide bonds. The van der Waals surface area contributed by atoms with Crippen molar-refractivity contribution < 1.29 is 0 Å². The van der Waals surface area contributed by atoms with E-state index in [0.29, 0.717) is 0 Å². The van der Waals surface area contributed by atoms with Gasteiger partial charge in [-0.1, -0.05) is 161 Å². The van der Waals surface area contributed by atoms with Gasteiger partial charge in [0.05, 0.1) is 11.0 Å². The first-order valence-electron chi connectivity index (χ1n) is 15.2. The van der Waals surface area contributed by atoms with Crippen LogP contribution in [0, 0.1) is 6.92 Å². The molecular formula is C41H28BNS. The van der Waals surface area contributed by atoms with E-state index in [1.54, 1.807) is 0 Å². The van der Waals surface area contributed by atoms with Crippen molar-refractivity contribution in [2.24, 2.45) is 0 Å². The maximum atomic E-state index is 2.48. The number of hydrogen-bond donors (Lipinski definition) is 0. The second-order valence-corrected chi connectivity index (χ2v) is 12.8. The van der Waals surface area contributed by atoms with E-state index >= 15 is 0 Å². The first-order valence-corrected chi connectivity index (χ1v) is 16.0. The Balaban J connectivity index is 1.31. The van der Waals surface area contributed by atoms with E-state index in [9.17, 15) is 0 Å². The zero-order valence-corrected chi connectivity index (χ0v) is 25.2. The van der Waals surface area contributed by atoms with Gasteiger partial charge in [0.25, 0.3) is 0 Å². The molecule has 2 heterocycles. The fourth-order valence-corrected chi connectivity index (χ4v) is 8.50. The maximum absolute atomic E-state index is 2.48. The van der Waals surface area contributed by atoms with Gasteiger partial charge in [0, 0.05) is 31.6 Å². The summed E-state index contributed by atoms with van der Waals surface area (Å²) in [7, 11) is 0. The molecule has 0 N–H and O–H groups in total. The third-order valence-electron chi connectivity index (χ3n) is 9.27. The Hall–Kier alpha value is -4.99. The van der Waals surface area contributed by atoms with Gasteiger partial charge in [-0.05, 0) is 47.7 Å². The van der Waals surface area contributed by atoms with Crippen LogP contribution in [0.15, 0.2) is 161 Å². The Labute approximate surface area is 261 Å². The quantitative estimate of drug-likeness (QED) is 0.190. The topological polar surface area (TPSA) is 4.93 Å². The highest BCUT2D eigenvalue weighted by Crippen LogP contribution is 2.38. The Morgan fingerprint density at radius 1 is 0.545 bits per heavy atom. The minimum Gasteiger partial charge on any atom is -0.309 e. The monoisotopic (exact) mass is 577 g/mol. The molecule has 1 aromatic heterocycles. The molecule has 1 nitrogen and oxygen atoms in total. The van der Waals surface area contributed by atoms with Crippen LogP contribution in [0.5, 0.6) is 0 Å². The van der Waals surface area contributed by atoms with Gasteiger partial charge in [0.15, 0.2) is 0 Å². The average molecular weight is 578 g/mol. The molecule has 7 aromatic carbocycles. The van der Waals surface area contributed by atoms with Crippen LogP contribution >= 0.6 is 11.8 Å². The standard InChI is InChI=1S/C41H28BNS/c1-27-12-11-18-31(28-13-3-2-4-14-28)40(27)42-35-19-8-10-21-38(35)44-39-26-30(23-25-36(39)42)43-37-20-9-7-17-33(37)34-24-22-29-15-5-6-16-32(29)41(34)43/h2-26H,1H3. The number of benzene rings is 7. The van der Waals surface area contributed by atoms with Crippen LogP contribution in [0.3, 0.4) is 0 Å². The van der Waals surface area contributed by atoms with Crippen molar-refractivity contribution >= 4 is 67.4 Å². The fraction of sp³-hybridized carbons (Fsp3) is 0.0244. The van der Waals surface area contributed by atoms with Crippen molar-refractivity contribution in [2.45, 2.75) is 16.7 Å². The number of rotatable bonds is 3. The molecule has 0 bridgehead atoms. The second kappa shape index (κ2) is 10.0. The summed E-state index contributed by atoms with van der Waals surface area (Å²) in [5.74, 6) is 0. The van der Waals surface area contributed by atoms with Gasteiger partial charge in [-0.3, -0.25) is 0 Å². The SMILES string of the molecule is Cc1cccc(-c2ccccc2)c1B1c2ccccc2Sc2cc(-n3c4ccccc4c4ccc5ccccc5c43)ccc21. The van der Waals surface area contributed by atoms with Gasteiger partial charge in [0.2, 0.25) is 6.71 Å². The second-order valence-electron chi connectivity index (χ2n) is 11.7. The predicted octanol–water partition coefficient (Wildman–Crippen LogP) is 8.89. The molecule has 0 saturated heterocycles. The molecule has 0 atom stereocenters. The Bertz CT molecular complexity index is 2390. The molecular weight excluding hydrogens is 549 g/mol. The van der Waals surface area contributed by atoms with E-state index < -0.39 is 0 Å². The van der Waals surface area contributed by atoms with Gasteiger partial charge in [-0.25, -0.2) is 0 Å². The summed E-state index contributed by atoms with van der Waals surface area (Å²) in [6, 6.07) is 55.9. The molecule has 3 heteroatoms. The lowest BCUT2D eigenvalue weighted by atomic mass is 9.35. The third-order valence-corrected chi connectivity index (χ3v) is 10.4. The van der Waals surface area contributed by atoms with Crippen LogP contribution in [0.25, 0.3) is 49.4 Å². The van der Waals surface area contributed by atoms with Crippen LogP contribution < -0.4 is 16.4 Å². The van der Waals surface area contributed by atoms with Gasteiger partial charge in [-0.15, -0.1) is 0 Å². The molecule has 0 aliphatic carbocycles. The zero-order valence-electron chi connectivity index (χ0n) is 24.4. The summed E-state index contributed by atoms with van der Waals surface area (Å²) in [4.78, 5) is 2.65. The van der Waals surface area contributed by atoms with Gasteiger partial charge in [-0.2, -0.15) is 0 Å². The van der Waals surface area contributed by atoms with Crippen LogP contribution in [0.4, 0.5) is 0 Å². The molecule has 0 radical (unpaired) electrons. The summed E-state index contributed by atoms with van der Waals surface area (Å²) in [5.41, 5.74) is 11.7. The Kier molecular flexibility index (Phi) is 5.82. The summed E-state index contributed by atoms with van der Waals surface area (Å²) < 4.78 is 2.48. The Morgan fingerprint density at radius 3 is 2.20 bits per heavy atom. The maximum Gasteiger partial charge on any atom is 0.245 e. The van der Waals surface area contributed by atoms with E-state index in [-0.39, 0.29) is 6.71 Å². The molecule has 0 saturated carbocycles. The highest BCUT2D eigenvalue weighted by Gasteiger charge is 2.34. The third kappa shape index (κ3) is 3.83. The normalized spacial score (nSPS) is 12.5. The lowest BCUT2D eigenvalue weighted by Gasteiger charge is -2.29. The molecule has 9 rings (SSSR count).